The number of amides is 3. The molecule has 0 atom stereocenters. The zero-order valence-electron chi connectivity index (χ0n) is 16.6. The lowest BCUT2D eigenvalue weighted by atomic mass is 10.1. The number of piperidine rings is 1. The van der Waals surface area contributed by atoms with Crippen LogP contribution in [0.1, 0.15) is 40.0 Å². The van der Waals surface area contributed by atoms with Crippen molar-refractivity contribution in [3.05, 3.63) is 18.2 Å². The van der Waals surface area contributed by atoms with Crippen molar-refractivity contribution >= 4 is 29.3 Å². The lowest BCUT2D eigenvalue weighted by molar-refractivity contribution is -0.132. The molecule has 8 heteroatoms. The predicted octanol–water partition coefficient (Wildman–Crippen LogP) is 2.77. The Morgan fingerprint density at radius 2 is 1.89 bits per heavy atom. The number of anilines is 2. The minimum Gasteiger partial charge on any atom is -0.482 e. The first-order chi connectivity index (χ1) is 13.2. The normalized spacial score (nSPS) is 16.9. The summed E-state index contributed by atoms with van der Waals surface area (Å²) in [5, 5.41) is 2.65. The summed E-state index contributed by atoms with van der Waals surface area (Å²) in [4.78, 5) is 40.3. The van der Waals surface area contributed by atoms with Crippen LogP contribution < -0.4 is 15.0 Å². The zero-order chi connectivity index (χ0) is 20.3. The Kier molecular flexibility index (Phi) is 5.76. The minimum absolute atomic E-state index is 0.0366. The molecule has 0 unspecified atom stereocenters. The van der Waals surface area contributed by atoms with Crippen LogP contribution in [-0.4, -0.2) is 54.6 Å². The second kappa shape index (κ2) is 8.08. The Bertz CT molecular complexity index is 766. The molecule has 1 fully saturated rings. The molecule has 152 valence electrons. The monoisotopic (exact) mass is 389 g/mol. The minimum atomic E-state index is -0.621. The van der Waals surface area contributed by atoms with E-state index in [0.29, 0.717) is 17.1 Å². The first kappa shape index (κ1) is 20.0. The number of ether oxygens (including phenoxy) is 2. The number of benzene rings is 1. The molecule has 0 aromatic heterocycles. The van der Waals surface area contributed by atoms with Crippen LogP contribution in [-0.2, 0) is 14.3 Å². The maximum atomic E-state index is 12.6. The van der Waals surface area contributed by atoms with E-state index in [-0.39, 0.29) is 25.0 Å². The number of likely N-dealkylation sites (tertiary alicyclic amines) is 1. The maximum Gasteiger partial charge on any atom is 0.412 e. The molecule has 3 amide bonds. The smallest absolute Gasteiger partial charge is 0.412 e. The van der Waals surface area contributed by atoms with Crippen LogP contribution in [0.15, 0.2) is 18.2 Å². The van der Waals surface area contributed by atoms with Crippen molar-refractivity contribution in [3.8, 4) is 5.75 Å². The largest absolute Gasteiger partial charge is 0.482 e. The molecule has 28 heavy (non-hydrogen) atoms. The molecule has 2 aliphatic rings. The molecular formula is C20H27N3O5. The number of hydrogen-bond acceptors (Lipinski definition) is 5. The average Bonchev–Trinajstić information content (AvgIpc) is 2.63. The van der Waals surface area contributed by atoms with Gasteiger partial charge in [0, 0.05) is 18.8 Å². The van der Waals surface area contributed by atoms with Crippen LogP contribution in [0.5, 0.6) is 5.75 Å². The summed E-state index contributed by atoms with van der Waals surface area (Å²) in [6.45, 7) is 6.64. The molecule has 2 aliphatic heterocycles. The highest BCUT2D eigenvalue weighted by Crippen LogP contribution is 2.34. The van der Waals surface area contributed by atoms with Crippen molar-refractivity contribution in [2.45, 2.75) is 45.6 Å². The Balaban J connectivity index is 1.76. The summed E-state index contributed by atoms with van der Waals surface area (Å²) in [5.41, 5.74) is 0.307. The van der Waals surface area contributed by atoms with Crippen LogP contribution in [0, 0.1) is 0 Å². The van der Waals surface area contributed by atoms with Gasteiger partial charge in [-0.1, -0.05) is 0 Å². The molecule has 1 aromatic rings. The second-order valence-corrected chi connectivity index (χ2v) is 8.02. The number of rotatable bonds is 3. The fraction of sp³-hybridized carbons (Fsp3) is 0.550. The quantitative estimate of drug-likeness (QED) is 0.859. The van der Waals surface area contributed by atoms with E-state index in [2.05, 4.69) is 5.32 Å². The van der Waals surface area contributed by atoms with Gasteiger partial charge in [0.25, 0.3) is 5.91 Å². The molecule has 3 rings (SSSR count). The van der Waals surface area contributed by atoms with Crippen LogP contribution >= 0.6 is 0 Å². The summed E-state index contributed by atoms with van der Waals surface area (Å²) in [7, 11) is 0. The SMILES string of the molecule is CC(C)(C)OC(=O)Nc1ccc2c(c1)N(CC(=O)N1CCCCC1)C(=O)CO2. The van der Waals surface area contributed by atoms with Crippen LogP contribution in [0.2, 0.25) is 0 Å². The molecule has 2 heterocycles. The maximum absolute atomic E-state index is 12.6. The second-order valence-electron chi connectivity index (χ2n) is 8.02. The lowest BCUT2D eigenvalue weighted by Crippen LogP contribution is -2.47. The molecule has 1 N–H and O–H groups in total. The van der Waals surface area contributed by atoms with Gasteiger partial charge in [-0.05, 0) is 58.2 Å². The number of nitrogens with zero attached hydrogens (tertiary/aromatic N) is 2. The summed E-state index contributed by atoms with van der Waals surface area (Å²) in [6.07, 6.45) is 2.52. The lowest BCUT2D eigenvalue weighted by Gasteiger charge is -2.33. The molecule has 8 nitrogen and oxygen atoms in total. The summed E-state index contributed by atoms with van der Waals surface area (Å²) >= 11 is 0. The topological polar surface area (TPSA) is 88.2 Å². The number of fused-ring (bicyclic) bond motifs is 1. The fourth-order valence-electron chi connectivity index (χ4n) is 3.25. The third-order valence-electron chi connectivity index (χ3n) is 4.55. The van der Waals surface area contributed by atoms with Crippen molar-refractivity contribution in [2.75, 3.05) is 36.5 Å². The number of nitrogens with one attached hydrogen (secondary N) is 1. The molecule has 0 aliphatic carbocycles. The van der Waals surface area contributed by atoms with Gasteiger partial charge in [-0.15, -0.1) is 0 Å². The summed E-state index contributed by atoms with van der Waals surface area (Å²) < 4.78 is 10.7. The Morgan fingerprint density at radius 3 is 2.57 bits per heavy atom. The highest BCUT2D eigenvalue weighted by atomic mass is 16.6. The highest BCUT2D eigenvalue weighted by molar-refractivity contribution is 6.03. The van der Waals surface area contributed by atoms with Crippen LogP contribution in [0.25, 0.3) is 0 Å². The molecule has 0 radical (unpaired) electrons. The van der Waals surface area contributed by atoms with Gasteiger partial charge in [-0.3, -0.25) is 19.8 Å². The van der Waals surface area contributed by atoms with Crippen LogP contribution in [0.3, 0.4) is 0 Å². The van der Waals surface area contributed by atoms with E-state index in [1.165, 1.54) is 4.90 Å². The Labute approximate surface area is 164 Å². The standard InChI is InChI=1S/C20H27N3O5/c1-20(2,3)28-19(26)21-14-7-8-16-15(11-14)23(18(25)13-27-16)12-17(24)22-9-5-4-6-10-22/h7-8,11H,4-6,9-10,12-13H2,1-3H3,(H,21,26). The van der Waals surface area contributed by atoms with Gasteiger partial charge in [0.2, 0.25) is 5.91 Å². The van der Waals surface area contributed by atoms with Crippen molar-refractivity contribution < 1.29 is 23.9 Å². The first-order valence-corrected chi connectivity index (χ1v) is 9.58. The van der Waals surface area contributed by atoms with E-state index >= 15 is 0 Å². The first-order valence-electron chi connectivity index (χ1n) is 9.58. The van der Waals surface area contributed by atoms with E-state index in [4.69, 9.17) is 9.47 Å². The molecule has 0 spiro atoms. The van der Waals surface area contributed by atoms with E-state index < -0.39 is 11.7 Å². The van der Waals surface area contributed by atoms with Gasteiger partial charge in [0.1, 0.15) is 17.9 Å². The van der Waals surface area contributed by atoms with Gasteiger partial charge in [-0.2, -0.15) is 0 Å². The van der Waals surface area contributed by atoms with Crippen molar-refractivity contribution in [1.82, 2.24) is 4.90 Å². The van der Waals surface area contributed by atoms with E-state index in [9.17, 15) is 14.4 Å². The zero-order valence-corrected chi connectivity index (χ0v) is 16.6. The number of hydrogen-bond donors (Lipinski definition) is 1. The van der Waals surface area contributed by atoms with Gasteiger partial charge < -0.3 is 14.4 Å². The predicted molar refractivity (Wildman–Crippen MR) is 105 cm³/mol. The van der Waals surface area contributed by atoms with Crippen LogP contribution in [0.4, 0.5) is 16.2 Å². The third kappa shape index (κ3) is 4.94. The van der Waals surface area contributed by atoms with Crippen molar-refractivity contribution in [3.63, 3.8) is 0 Å². The van der Waals surface area contributed by atoms with Crippen molar-refractivity contribution in [1.29, 1.82) is 0 Å². The highest BCUT2D eigenvalue weighted by Gasteiger charge is 2.30. The molecule has 0 bridgehead atoms. The van der Waals surface area contributed by atoms with Gasteiger partial charge in [0.15, 0.2) is 6.61 Å². The molecule has 0 saturated carbocycles. The Morgan fingerprint density at radius 1 is 1.18 bits per heavy atom. The third-order valence-corrected chi connectivity index (χ3v) is 4.55. The van der Waals surface area contributed by atoms with Gasteiger partial charge in [0.05, 0.1) is 5.69 Å². The fourth-order valence-corrected chi connectivity index (χ4v) is 3.25. The molecular weight excluding hydrogens is 362 g/mol. The van der Waals surface area contributed by atoms with E-state index in [0.717, 1.165) is 32.4 Å². The average molecular weight is 389 g/mol. The molecule has 1 saturated heterocycles. The number of carbonyl (C=O) groups excluding carboxylic acids is 3. The van der Waals surface area contributed by atoms with Gasteiger partial charge >= 0.3 is 6.09 Å². The van der Waals surface area contributed by atoms with Crippen molar-refractivity contribution in [2.24, 2.45) is 0 Å². The van der Waals surface area contributed by atoms with Gasteiger partial charge in [-0.25, -0.2) is 4.79 Å². The molecule has 1 aromatic carbocycles. The van der Waals surface area contributed by atoms with E-state index in [1.54, 1.807) is 43.9 Å². The Hall–Kier alpha value is -2.77. The van der Waals surface area contributed by atoms with E-state index in [1.807, 2.05) is 0 Å². The summed E-state index contributed by atoms with van der Waals surface area (Å²) in [6, 6.07) is 4.97. The summed E-state index contributed by atoms with van der Waals surface area (Å²) in [5.74, 6) is 0.138. The number of carbonyl (C=O) groups is 3.